The number of benzene rings is 2. The summed E-state index contributed by atoms with van der Waals surface area (Å²) in [5.41, 5.74) is 3.14. The summed E-state index contributed by atoms with van der Waals surface area (Å²) >= 11 is 0. The summed E-state index contributed by atoms with van der Waals surface area (Å²) in [7, 11) is 0. The zero-order chi connectivity index (χ0) is 22.5. The lowest BCUT2D eigenvalue weighted by atomic mass is 10.0. The first-order chi connectivity index (χ1) is 14.8. The van der Waals surface area contributed by atoms with E-state index in [0.29, 0.717) is 23.4 Å². The molecular formula is C25H30N2O4. The van der Waals surface area contributed by atoms with Crippen LogP contribution in [0.5, 0.6) is 5.75 Å². The van der Waals surface area contributed by atoms with Gasteiger partial charge in [-0.15, -0.1) is 0 Å². The quantitative estimate of drug-likeness (QED) is 0.607. The van der Waals surface area contributed by atoms with Gasteiger partial charge in [0, 0.05) is 5.69 Å². The van der Waals surface area contributed by atoms with E-state index >= 15 is 0 Å². The average molecular weight is 423 g/mol. The van der Waals surface area contributed by atoms with E-state index in [1.807, 2.05) is 83.1 Å². The van der Waals surface area contributed by atoms with Crippen LogP contribution in [0, 0.1) is 6.92 Å². The minimum atomic E-state index is -0.351. The minimum Gasteiger partial charge on any atom is -0.491 e. The molecule has 3 rings (SSSR count). The summed E-state index contributed by atoms with van der Waals surface area (Å²) in [6.07, 6.45) is 0.104. The van der Waals surface area contributed by atoms with Gasteiger partial charge in [0.05, 0.1) is 30.9 Å². The second kappa shape index (κ2) is 9.79. The average Bonchev–Trinajstić information content (AvgIpc) is 2.94. The van der Waals surface area contributed by atoms with Crippen molar-refractivity contribution in [2.45, 2.75) is 46.8 Å². The Morgan fingerprint density at radius 3 is 2.10 bits per heavy atom. The molecule has 0 saturated carbocycles. The van der Waals surface area contributed by atoms with Gasteiger partial charge in [0.15, 0.2) is 0 Å². The van der Waals surface area contributed by atoms with E-state index in [9.17, 15) is 9.59 Å². The number of hydrogen-bond acceptors (Lipinski definition) is 5. The number of amides is 2. The van der Waals surface area contributed by atoms with Gasteiger partial charge in [-0.2, -0.15) is 0 Å². The predicted octanol–water partition coefficient (Wildman–Crippen LogP) is 4.40. The first kappa shape index (κ1) is 22.6. The zero-order valence-electron chi connectivity index (χ0n) is 18.8. The van der Waals surface area contributed by atoms with Crippen LogP contribution in [0.4, 0.5) is 5.69 Å². The maximum Gasteiger partial charge on any atom is 0.278 e. The van der Waals surface area contributed by atoms with Crippen molar-refractivity contribution in [1.82, 2.24) is 4.90 Å². The molecule has 1 N–H and O–H groups in total. The molecule has 0 aromatic heterocycles. The van der Waals surface area contributed by atoms with Crippen LogP contribution >= 0.6 is 0 Å². The first-order valence-corrected chi connectivity index (χ1v) is 10.6. The van der Waals surface area contributed by atoms with E-state index < -0.39 is 0 Å². The first-order valence-electron chi connectivity index (χ1n) is 10.6. The highest BCUT2D eigenvalue weighted by atomic mass is 16.5. The largest absolute Gasteiger partial charge is 0.491 e. The van der Waals surface area contributed by atoms with Gasteiger partial charge in [0.2, 0.25) is 0 Å². The normalized spacial score (nSPS) is 14.2. The molecule has 0 bridgehead atoms. The molecular weight excluding hydrogens is 392 g/mol. The summed E-state index contributed by atoms with van der Waals surface area (Å²) in [5.74, 6) is 0.0773. The highest BCUT2D eigenvalue weighted by Gasteiger charge is 2.39. The highest BCUT2D eigenvalue weighted by Crippen LogP contribution is 2.31. The number of rotatable bonds is 9. The SMILES string of the molecule is Cc1ccc(C2=C(Nc3ccc(OC(C)C)cc3)C(=O)N(CCOC(C)C)C2=O)cc1. The number of nitrogens with zero attached hydrogens (tertiary/aromatic N) is 1. The summed E-state index contributed by atoms with van der Waals surface area (Å²) in [4.78, 5) is 27.6. The molecule has 2 aromatic carbocycles. The number of aryl methyl sites for hydroxylation is 1. The van der Waals surface area contributed by atoms with Gasteiger partial charge in [-0.25, -0.2) is 0 Å². The van der Waals surface area contributed by atoms with E-state index in [-0.39, 0.29) is 36.3 Å². The highest BCUT2D eigenvalue weighted by molar-refractivity contribution is 6.36. The van der Waals surface area contributed by atoms with Gasteiger partial charge in [-0.1, -0.05) is 29.8 Å². The zero-order valence-corrected chi connectivity index (χ0v) is 18.8. The summed E-state index contributed by atoms with van der Waals surface area (Å²) in [6.45, 7) is 10.3. The summed E-state index contributed by atoms with van der Waals surface area (Å²) in [6, 6.07) is 14.9. The molecule has 0 spiro atoms. The Hall–Kier alpha value is -3.12. The molecule has 2 aromatic rings. The molecule has 0 saturated heterocycles. The maximum atomic E-state index is 13.2. The number of nitrogens with one attached hydrogen (secondary N) is 1. The fraction of sp³-hybridized carbons (Fsp3) is 0.360. The lowest BCUT2D eigenvalue weighted by Gasteiger charge is -2.16. The molecule has 0 aliphatic carbocycles. The molecule has 164 valence electrons. The molecule has 1 aliphatic rings. The molecule has 1 aliphatic heterocycles. The monoisotopic (exact) mass is 422 g/mol. The van der Waals surface area contributed by atoms with Crippen LogP contribution in [0.15, 0.2) is 54.2 Å². The van der Waals surface area contributed by atoms with Gasteiger partial charge in [-0.05, 0) is 64.4 Å². The van der Waals surface area contributed by atoms with Crippen LogP contribution in [0.1, 0.15) is 38.8 Å². The Balaban J connectivity index is 1.90. The van der Waals surface area contributed by atoms with Gasteiger partial charge in [-0.3, -0.25) is 14.5 Å². The molecule has 0 radical (unpaired) electrons. The Morgan fingerprint density at radius 1 is 0.871 bits per heavy atom. The third kappa shape index (κ3) is 5.52. The number of hydrogen-bond donors (Lipinski definition) is 1. The molecule has 0 unspecified atom stereocenters. The second-order valence-corrected chi connectivity index (χ2v) is 8.11. The predicted molar refractivity (Wildman–Crippen MR) is 122 cm³/mol. The Labute approximate surface area is 183 Å². The van der Waals surface area contributed by atoms with Crippen LogP contribution < -0.4 is 10.1 Å². The van der Waals surface area contributed by atoms with E-state index in [1.54, 1.807) is 0 Å². The van der Waals surface area contributed by atoms with Crippen LogP contribution in [0.3, 0.4) is 0 Å². The summed E-state index contributed by atoms with van der Waals surface area (Å²) < 4.78 is 11.2. The standard InChI is InChI=1S/C25H30N2O4/c1-16(2)30-15-14-27-24(28)22(19-8-6-18(5)7-9-19)23(25(27)29)26-20-10-12-21(13-11-20)31-17(3)4/h6-13,16-17,26H,14-15H2,1-5H3. The minimum absolute atomic E-state index is 0.0292. The van der Waals surface area contributed by atoms with E-state index in [0.717, 1.165) is 11.3 Å². The van der Waals surface area contributed by atoms with Gasteiger partial charge in [0.1, 0.15) is 11.4 Å². The van der Waals surface area contributed by atoms with Crippen molar-refractivity contribution in [1.29, 1.82) is 0 Å². The van der Waals surface area contributed by atoms with E-state index in [4.69, 9.17) is 9.47 Å². The molecule has 0 fully saturated rings. The van der Waals surface area contributed by atoms with Crippen molar-refractivity contribution in [3.8, 4) is 5.75 Å². The van der Waals surface area contributed by atoms with Crippen molar-refractivity contribution < 1.29 is 19.1 Å². The lowest BCUT2D eigenvalue weighted by Crippen LogP contribution is -2.35. The Morgan fingerprint density at radius 2 is 1.52 bits per heavy atom. The molecule has 31 heavy (non-hydrogen) atoms. The van der Waals surface area contributed by atoms with E-state index in [1.165, 1.54) is 4.90 Å². The van der Waals surface area contributed by atoms with Gasteiger partial charge in [0.25, 0.3) is 11.8 Å². The van der Waals surface area contributed by atoms with Gasteiger partial charge < -0.3 is 14.8 Å². The fourth-order valence-electron chi connectivity index (χ4n) is 3.30. The van der Waals surface area contributed by atoms with Crippen molar-refractivity contribution in [2.75, 3.05) is 18.5 Å². The number of carbonyl (C=O) groups excluding carboxylic acids is 2. The third-order valence-electron chi connectivity index (χ3n) is 4.77. The number of carbonyl (C=O) groups is 2. The van der Waals surface area contributed by atoms with Gasteiger partial charge >= 0.3 is 0 Å². The molecule has 0 atom stereocenters. The van der Waals surface area contributed by atoms with Crippen molar-refractivity contribution in [3.63, 3.8) is 0 Å². The lowest BCUT2D eigenvalue weighted by molar-refractivity contribution is -0.137. The smallest absolute Gasteiger partial charge is 0.278 e. The molecule has 1 heterocycles. The Kier molecular flexibility index (Phi) is 7.13. The second-order valence-electron chi connectivity index (χ2n) is 8.11. The third-order valence-corrected chi connectivity index (χ3v) is 4.77. The topological polar surface area (TPSA) is 67.9 Å². The van der Waals surface area contributed by atoms with Crippen molar-refractivity contribution >= 4 is 23.1 Å². The summed E-state index contributed by atoms with van der Waals surface area (Å²) in [5, 5.41) is 3.17. The van der Waals surface area contributed by atoms with Crippen LogP contribution in [-0.2, 0) is 14.3 Å². The molecule has 2 amide bonds. The molecule has 6 heteroatoms. The number of anilines is 1. The van der Waals surface area contributed by atoms with Crippen LogP contribution in [0.2, 0.25) is 0 Å². The van der Waals surface area contributed by atoms with Crippen molar-refractivity contribution in [2.24, 2.45) is 0 Å². The van der Waals surface area contributed by atoms with Crippen LogP contribution in [0.25, 0.3) is 5.57 Å². The number of imide groups is 1. The van der Waals surface area contributed by atoms with Crippen LogP contribution in [-0.4, -0.2) is 42.1 Å². The fourth-order valence-corrected chi connectivity index (χ4v) is 3.30. The maximum absolute atomic E-state index is 13.2. The molecule has 6 nitrogen and oxygen atoms in total. The number of ether oxygens (including phenoxy) is 2. The van der Waals surface area contributed by atoms with Crippen molar-refractivity contribution in [3.05, 3.63) is 65.4 Å². The Bertz CT molecular complexity index is 960. The van der Waals surface area contributed by atoms with E-state index in [2.05, 4.69) is 5.32 Å².